The van der Waals surface area contributed by atoms with E-state index in [-0.39, 0.29) is 13.2 Å². The van der Waals surface area contributed by atoms with Crippen molar-refractivity contribution in [2.75, 3.05) is 13.2 Å². The molecule has 1 rings (SSSR count). The number of ether oxygens (including phenoxy) is 1. The van der Waals surface area contributed by atoms with Crippen LogP contribution in [0.25, 0.3) is 0 Å². The van der Waals surface area contributed by atoms with Crippen LogP contribution in [-0.4, -0.2) is 30.1 Å². The number of nitrogens with one attached hydrogen (secondary N) is 1. The van der Waals surface area contributed by atoms with Gasteiger partial charge >= 0.3 is 11.9 Å². The number of amides is 1. The third-order valence-corrected chi connectivity index (χ3v) is 1.84. The Bertz CT molecular complexity index is 350. The molecule has 0 saturated carbocycles. The molecule has 0 aromatic heterocycles. The first kappa shape index (κ1) is 12.2. The molecule has 0 aliphatic rings. The van der Waals surface area contributed by atoms with Crippen molar-refractivity contribution in [3.05, 3.63) is 35.9 Å². The Kier molecular flexibility index (Phi) is 5.01. The highest BCUT2D eigenvalue weighted by Crippen LogP contribution is 1.99. The molecule has 1 aromatic carbocycles. The molecule has 5 nitrogen and oxygen atoms in total. The lowest BCUT2D eigenvalue weighted by Crippen LogP contribution is -2.33. The molecule has 0 bridgehead atoms. The van der Waals surface area contributed by atoms with E-state index in [1.807, 2.05) is 30.3 Å². The normalized spacial score (nSPS) is 9.75. The van der Waals surface area contributed by atoms with Crippen LogP contribution >= 0.6 is 0 Å². The van der Waals surface area contributed by atoms with Gasteiger partial charge in [-0.15, -0.1) is 0 Å². The van der Waals surface area contributed by atoms with Crippen molar-refractivity contribution in [2.45, 2.75) is 6.61 Å². The van der Waals surface area contributed by atoms with Crippen molar-refractivity contribution in [3.63, 3.8) is 0 Å². The molecule has 2 N–H and O–H groups in total. The molecule has 0 heterocycles. The highest BCUT2D eigenvalue weighted by atomic mass is 16.5. The maximum Gasteiger partial charge on any atom is 0.394 e. The van der Waals surface area contributed by atoms with Gasteiger partial charge in [-0.2, -0.15) is 0 Å². The third-order valence-electron chi connectivity index (χ3n) is 1.84. The van der Waals surface area contributed by atoms with Crippen LogP contribution in [0, 0.1) is 0 Å². The van der Waals surface area contributed by atoms with Crippen molar-refractivity contribution in [1.82, 2.24) is 5.32 Å². The predicted octanol–water partition coefficient (Wildman–Crippen LogP) is 0.404. The molecular weight excluding hydrogens is 210 g/mol. The third kappa shape index (κ3) is 4.56. The highest BCUT2D eigenvalue weighted by Gasteiger charge is 2.08. The second-order valence-electron chi connectivity index (χ2n) is 3.10. The largest absolute Gasteiger partial charge is 0.474 e. The smallest absolute Gasteiger partial charge is 0.394 e. The average Bonchev–Trinajstić information content (AvgIpc) is 2.29. The van der Waals surface area contributed by atoms with Gasteiger partial charge in [0, 0.05) is 6.54 Å². The number of hydrogen-bond acceptors (Lipinski definition) is 3. The quantitative estimate of drug-likeness (QED) is 0.559. The van der Waals surface area contributed by atoms with Gasteiger partial charge in [-0.1, -0.05) is 30.3 Å². The molecular formula is C11H13NO4. The van der Waals surface area contributed by atoms with Crippen LogP contribution in [0.5, 0.6) is 0 Å². The average molecular weight is 223 g/mol. The van der Waals surface area contributed by atoms with Crippen LogP contribution in [0.1, 0.15) is 5.56 Å². The van der Waals surface area contributed by atoms with Crippen molar-refractivity contribution in [2.24, 2.45) is 0 Å². The number of hydrogen-bond donors (Lipinski definition) is 2. The first-order valence-electron chi connectivity index (χ1n) is 4.83. The Balaban J connectivity index is 2.09. The summed E-state index contributed by atoms with van der Waals surface area (Å²) >= 11 is 0. The summed E-state index contributed by atoms with van der Waals surface area (Å²) < 4.78 is 5.24. The van der Waals surface area contributed by atoms with E-state index in [1.54, 1.807) is 0 Å². The summed E-state index contributed by atoms with van der Waals surface area (Å²) in [6, 6.07) is 9.58. The zero-order valence-corrected chi connectivity index (χ0v) is 8.68. The summed E-state index contributed by atoms with van der Waals surface area (Å²) in [5.74, 6) is -2.49. The van der Waals surface area contributed by atoms with Crippen molar-refractivity contribution < 1.29 is 19.4 Å². The van der Waals surface area contributed by atoms with E-state index >= 15 is 0 Å². The molecule has 0 fully saturated rings. The van der Waals surface area contributed by atoms with Gasteiger partial charge in [0.25, 0.3) is 0 Å². The molecule has 0 radical (unpaired) electrons. The van der Waals surface area contributed by atoms with Crippen LogP contribution in [0.4, 0.5) is 0 Å². The van der Waals surface area contributed by atoms with Gasteiger partial charge in [0.15, 0.2) is 0 Å². The van der Waals surface area contributed by atoms with Gasteiger partial charge in [0.2, 0.25) is 0 Å². The standard InChI is InChI=1S/C11H13NO4/c13-10(11(14)15)12-6-7-16-8-9-4-2-1-3-5-9/h1-5H,6-8H2,(H,12,13)(H,14,15). The van der Waals surface area contributed by atoms with Gasteiger partial charge < -0.3 is 15.2 Å². The van der Waals surface area contributed by atoms with Crippen LogP contribution in [0.15, 0.2) is 30.3 Å². The Morgan fingerprint density at radius 1 is 1.25 bits per heavy atom. The van der Waals surface area contributed by atoms with Crippen molar-refractivity contribution in [1.29, 1.82) is 0 Å². The fraction of sp³-hybridized carbons (Fsp3) is 0.273. The summed E-state index contributed by atoms with van der Waals surface area (Å²) in [5, 5.41) is 10.5. The number of carboxylic acids is 1. The molecule has 86 valence electrons. The lowest BCUT2D eigenvalue weighted by molar-refractivity contribution is -0.150. The van der Waals surface area contributed by atoms with E-state index in [9.17, 15) is 9.59 Å². The topological polar surface area (TPSA) is 75.6 Å². The van der Waals surface area contributed by atoms with E-state index in [2.05, 4.69) is 5.32 Å². The fourth-order valence-corrected chi connectivity index (χ4v) is 1.08. The fourth-order valence-electron chi connectivity index (χ4n) is 1.08. The SMILES string of the molecule is O=C(O)C(=O)NCCOCc1ccccc1. The van der Waals surface area contributed by atoms with Crippen molar-refractivity contribution in [3.8, 4) is 0 Å². The summed E-state index contributed by atoms with van der Waals surface area (Å²) in [5.41, 5.74) is 1.03. The van der Waals surface area contributed by atoms with Gasteiger partial charge in [0.1, 0.15) is 0 Å². The summed E-state index contributed by atoms with van der Waals surface area (Å²) in [7, 11) is 0. The lowest BCUT2D eigenvalue weighted by atomic mass is 10.2. The molecule has 0 atom stereocenters. The zero-order chi connectivity index (χ0) is 11.8. The summed E-state index contributed by atoms with van der Waals surface area (Å²) in [6.45, 7) is 0.926. The zero-order valence-electron chi connectivity index (χ0n) is 8.68. The van der Waals surface area contributed by atoms with E-state index < -0.39 is 11.9 Å². The van der Waals surface area contributed by atoms with Crippen LogP contribution in [0.2, 0.25) is 0 Å². The number of carbonyl (C=O) groups is 2. The number of aliphatic carboxylic acids is 1. The van der Waals surface area contributed by atoms with Crippen LogP contribution in [-0.2, 0) is 20.9 Å². The molecule has 1 aromatic rings. The minimum Gasteiger partial charge on any atom is -0.474 e. The molecule has 5 heteroatoms. The summed E-state index contributed by atoms with van der Waals surface area (Å²) in [4.78, 5) is 20.7. The second kappa shape index (κ2) is 6.58. The molecule has 0 aliphatic heterocycles. The molecule has 16 heavy (non-hydrogen) atoms. The molecule has 0 unspecified atom stereocenters. The summed E-state index contributed by atoms with van der Waals surface area (Å²) in [6.07, 6.45) is 0. The molecule has 0 saturated heterocycles. The van der Waals surface area contributed by atoms with Gasteiger partial charge in [-0.25, -0.2) is 4.79 Å². The van der Waals surface area contributed by atoms with Crippen LogP contribution < -0.4 is 5.32 Å². The monoisotopic (exact) mass is 223 g/mol. The second-order valence-corrected chi connectivity index (χ2v) is 3.10. The number of carbonyl (C=O) groups excluding carboxylic acids is 1. The number of rotatable bonds is 5. The Morgan fingerprint density at radius 2 is 1.94 bits per heavy atom. The maximum absolute atomic E-state index is 10.6. The van der Waals surface area contributed by atoms with E-state index in [0.717, 1.165) is 5.56 Å². The minimum atomic E-state index is -1.48. The molecule has 1 amide bonds. The van der Waals surface area contributed by atoms with Gasteiger partial charge in [0.05, 0.1) is 13.2 Å². The first-order chi connectivity index (χ1) is 7.70. The highest BCUT2D eigenvalue weighted by molar-refractivity contribution is 6.31. The Morgan fingerprint density at radius 3 is 2.56 bits per heavy atom. The molecule has 0 spiro atoms. The first-order valence-corrected chi connectivity index (χ1v) is 4.83. The lowest BCUT2D eigenvalue weighted by Gasteiger charge is -2.04. The Labute approximate surface area is 93.0 Å². The minimum absolute atomic E-state index is 0.192. The number of benzene rings is 1. The van der Waals surface area contributed by atoms with Crippen LogP contribution in [0.3, 0.4) is 0 Å². The predicted molar refractivity (Wildman–Crippen MR) is 56.7 cm³/mol. The van der Waals surface area contributed by atoms with Crippen molar-refractivity contribution >= 4 is 11.9 Å². The van der Waals surface area contributed by atoms with E-state index in [0.29, 0.717) is 6.61 Å². The van der Waals surface area contributed by atoms with E-state index in [1.165, 1.54) is 0 Å². The Hall–Kier alpha value is -1.88. The van der Waals surface area contributed by atoms with Gasteiger partial charge in [-0.3, -0.25) is 4.79 Å². The van der Waals surface area contributed by atoms with E-state index in [4.69, 9.17) is 9.84 Å². The molecule has 0 aliphatic carbocycles. The van der Waals surface area contributed by atoms with Gasteiger partial charge in [-0.05, 0) is 5.56 Å². The number of carboxylic acid groups (broad SMARTS) is 1. The maximum atomic E-state index is 10.6.